The van der Waals surface area contributed by atoms with Crippen molar-refractivity contribution in [1.29, 1.82) is 0 Å². The Morgan fingerprint density at radius 3 is 2.82 bits per heavy atom. The van der Waals surface area contributed by atoms with Crippen LogP contribution in [0.2, 0.25) is 5.02 Å². The summed E-state index contributed by atoms with van der Waals surface area (Å²) < 4.78 is 0. The summed E-state index contributed by atoms with van der Waals surface area (Å²) in [7, 11) is 0. The number of hydrogen-bond acceptors (Lipinski definition) is 3. The van der Waals surface area contributed by atoms with E-state index in [0.29, 0.717) is 30.2 Å². The van der Waals surface area contributed by atoms with Crippen molar-refractivity contribution >= 4 is 29.2 Å². The van der Waals surface area contributed by atoms with E-state index in [1.54, 1.807) is 17.2 Å². The molecule has 0 bridgehead atoms. The zero-order chi connectivity index (χ0) is 19.5. The molecule has 0 spiro atoms. The van der Waals surface area contributed by atoms with Gasteiger partial charge in [-0.25, -0.2) is 4.79 Å². The molecule has 7 heteroatoms. The number of nitrogens with one attached hydrogen (secondary N) is 2. The van der Waals surface area contributed by atoms with E-state index in [1.165, 1.54) is 5.56 Å². The maximum atomic E-state index is 12.6. The van der Waals surface area contributed by atoms with E-state index in [2.05, 4.69) is 22.8 Å². The number of hydrogen-bond donors (Lipinski definition) is 2. The second-order valence-electron chi connectivity index (χ2n) is 6.97. The summed E-state index contributed by atoms with van der Waals surface area (Å²) in [5.41, 5.74) is 2.91. The number of rotatable bonds is 3. The number of benzene rings is 2. The van der Waals surface area contributed by atoms with Crippen LogP contribution >= 0.6 is 11.6 Å². The van der Waals surface area contributed by atoms with Crippen LogP contribution in [0.25, 0.3) is 0 Å². The molecule has 3 amide bonds. The molecule has 28 heavy (non-hydrogen) atoms. The van der Waals surface area contributed by atoms with Crippen molar-refractivity contribution < 1.29 is 9.59 Å². The Morgan fingerprint density at radius 1 is 1.18 bits per heavy atom. The molecule has 0 aromatic heterocycles. The molecule has 0 saturated carbocycles. The minimum Gasteiger partial charge on any atom is -0.354 e. The molecule has 4 rings (SSSR count). The first-order valence-electron chi connectivity index (χ1n) is 9.21. The summed E-state index contributed by atoms with van der Waals surface area (Å²) in [6, 6.07) is 14.7. The van der Waals surface area contributed by atoms with Crippen LogP contribution in [0.4, 0.5) is 10.5 Å². The molecular weight excluding hydrogens is 376 g/mol. The highest BCUT2D eigenvalue weighted by atomic mass is 35.5. The number of halogens is 1. The summed E-state index contributed by atoms with van der Waals surface area (Å²) in [6.07, 6.45) is 4.85. The van der Waals surface area contributed by atoms with Gasteiger partial charge in [0, 0.05) is 29.7 Å². The van der Waals surface area contributed by atoms with E-state index in [0.717, 1.165) is 12.1 Å². The number of amides is 3. The number of anilines is 1. The monoisotopic (exact) mass is 396 g/mol. The van der Waals surface area contributed by atoms with Gasteiger partial charge in [-0.05, 0) is 36.1 Å². The highest BCUT2D eigenvalue weighted by Crippen LogP contribution is 2.25. The molecule has 1 atom stereocenters. The number of nitrogens with zero attached hydrogens (tertiary/aromatic N) is 2. The zero-order valence-corrected chi connectivity index (χ0v) is 16.0. The molecular formula is C21H21ClN4O2. The van der Waals surface area contributed by atoms with Gasteiger partial charge in [-0.2, -0.15) is 0 Å². The van der Waals surface area contributed by atoms with Gasteiger partial charge in [-0.3, -0.25) is 9.69 Å². The minimum atomic E-state index is -0.588. The normalized spacial score (nSPS) is 18.5. The number of carbonyl (C=O) groups excluding carboxylic acids is 2. The Morgan fingerprint density at radius 2 is 2.00 bits per heavy atom. The fourth-order valence-electron chi connectivity index (χ4n) is 3.42. The molecule has 2 heterocycles. The van der Waals surface area contributed by atoms with E-state index in [-0.39, 0.29) is 11.9 Å². The molecule has 2 aliphatic rings. The third kappa shape index (κ3) is 4.12. The van der Waals surface area contributed by atoms with E-state index >= 15 is 0 Å². The third-order valence-electron chi connectivity index (χ3n) is 4.93. The summed E-state index contributed by atoms with van der Waals surface area (Å²) in [4.78, 5) is 28.8. The van der Waals surface area contributed by atoms with Crippen LogP contribution in [0, 0.1) is 0 Å². The Balaban J connectivity index is 1.34. The van der Waals surface area contributed by atoms with Gasteiger partial charge in [-0.15, -0.1) is 0 Å². The number of aryl methyl sites for hydroxylation is 1. The fraction of sp³-hybridized carbons (Fsp3) is 0.238. The van der Waals surface area contributed by atoms with Gasteiger partial charge in [0.15, 0.2) is 0 Å². The van der Waals surface area contributed by atoms with Crippen LogP contribution in [0.15, 0.2) is 60.9 Å². The summed E-state index contributed by atoms with van der Waals surface area (Å²) >= 11 is 6.02. The van der Waals surface area contributed by atoms with Crippen LogP contribution in [-0.2, 0) is 17.8 Å². The van der Waals surface area contributed by atoms with Crippen molar-refractivity contribution in [3.63, 3.8) is 0 Å². The largest absolute Gasteiger partial charge is 0.354 e. The van der Waals surface area contributed by atoms with Gasteiger partial charge < -0.3 is 15.5 Å². The lowest BCUT2D eigenvalue weighted by Crippen LogP contribution is -2.48. The predicted molar refractivity (Wildman–Crippen MR) is 109 cm³/mol. The topological polar surface area (TPSA) is 64.7 Å². The first-order chi connectivity index (χ1) is 13.6. The van der Waals surface area contributed by atoms with Crippen molar-refractivity contribution in [3.8, 4) is 0 Å². The number of carbonyl (C=O) groups is 2. The molecule has 0 saturated heterocycles. The first-order valence-corrected chi connectivity index (χ1v) is 9.59. The number of fused-ring (bicyclic) bond motifs is 1. The molecule has 0 aliphatic carbocycles. The van der Waals surface area contributed by atoms with E-state index < -0.39 is 6.04 Å². The van der Waals surface area contributed by atoms with Crippen molar-refractivity contribution in [1.82, 2.24) is 15.1 Å². The molecule has 0 fully saturated rings. The van der Waals surface area contributed by atoms with Crippen molar-refractivity contribution in [2.45, 2.75) is 25.4 Å². The molecule has 6 nitrogen and oxygen atoms in total. The Hall–Kier alpha value is -2.99. The smallest absolute Gasteiger partial charge is 0.323 e. The molecule has 144 valence electrons. The van der Waals surface area contributed by atoms with Crippen LogP contribution < -0.4 is 10.6 Å². The van der Waals surface area contributed by atoms with Crippen molar-refractivity contribution in [3.05, 3.63) is 77.1 Å². The molecule has 2 aliphatic heterocycles. The van der Waals surface area contributed by atoms with E-state index in [1.807, 2.05) is 41.4 Å². The van der Waals surface area contributed by atoms with Gasteiger partial charge in [-0.1, -0.05) is 48.0 Å². The highest BCUT2D eigenvalue weighted by Gasteiger charge is 2.28. The van der Waals surface area contributed by atoms with Crippen LogP contribution in [0.1, 0.15) is 17.5 Å². The van der Waals surface area contributed by atoms with Crippen molar-refractivity contribution in [2.75, 3.05) is 12.0 Å². The quantitative estimate of drug-likeness (QED) is 0.833. The molecule has 2 N–H and O–H groups in total. The lowest BCUT2D eigenvalue weighted by molar-refractivity contribution is -0.118. The molecule has 2 aromatic rings. The minimum absolute atomic E-state index is 0.223. The van der Waals surface area contributed by atoms with Gasteiger partial charge >= 0.3 is 6.03 Å². The van der Waals surface area contributed by atoms with Crippen LogP contribution in [0.3, 0.4) is 0 Å². The standard InChI is InChI=1S/C21H21ClN4O2/c22-17-8-6-16-7-9-18(20(27)23-19(16)12-17)24-21(28)26-11-10-25(14-26)13-15-4-2-1-3-5-15/h1-6,8,10-12,18H,7,9,13-14H2,(H,23,27)(H,24,28)/t18-/m0/s1. The van der Waals surface area contributed by atoms with Crippen LogP contribution in [0.5, 0.6) is 0 Å². The summed E-state index contributed by atoms with van der Waals surface area (Å²) in [5, 5.41) is 6.29. The predicted octanol–water partition coefficient (Wildman–Crippen LogP) is 3.55. The molecule has 0 radical (unpaired) electrons. The highest BCUT2D eigenvalue weighted by molar-refractivity contribution is 6.31. The lowest BCUT2D eigenvalue weighted by atomic mass is 10.1. The van der Waals surface area contributed by atoms with Gasteiger partial charge in [0.25, 0.3) is 0 Å². The van der Waals surface area contributed by atoms with Crippen LogP contribution in [-0.4, -0.2) is 34.4 Å². The summed E-state index contributed by atoms with van der Waals surface area (Å²) in [6.45, 7) is 1.17. The Kier molecular flexibility index (Phi) is 5.21. The Bertz CT molecular complexity index is 916. The van der Waals surface area contributed by atoms with Crippen molar-refractivity contribution in [2.24, 2.45) is 0 Å². The summed E-state index contributed by atoms with van der Waals surface area (Å²) in [5.74, 6) is -0.223. The maximum absolute atomic E-state index is 12.6. The van der Waals surface area contributed by atoms with E-state index in [4.69, 9.17) is 11.6 Å². The fourth-order valence-corrected chi connectivity index (χ4v) is 3.59. The zero-order valence-electron chi connectivity index (χ0n) is 15.3. The molecule has 2 aromatic carbocycles. The average molecular weight is 397 g/mol. The van der Waals surface area contributed by atoms with E-state index in [9.17, 15) is 9.59 Å². The SMILES string of the molecule is O=C1Nc2cc(Cl)ccc2CC[C@@H]1NC(=O)N1C=CN(Cc2ccccc2)C1. The average Bonchev–Trinajstić information content (AvgIpc) is 3.09. The second kappa shape index (κ2) is 7.94. The number of urea groups is 1. The van der Waals surface area contributed by atoms with Gasteiger partial charge in [0.1, 0.15) is 6.04 Å². The molecule has 0 unspecified atom stereocenters. The van der Waals surface area contributed by atoms with Gasteiger partial charge in [0.2, 0.25) is 5.91 Å². The Labute approximate surface area is 168 Å². The second-order valence-corrected chi connectivity index (χ2v) is 7.41. The lowest BCUT2D eigenvalue weighted by Gasteiger charge is -2.23. The van der Waals surface area contributed by atoms with Gasteiger partial charge in [0.05, 0.1) is 6.67 Å². The maximum Gasteiger partial charge on any atom is 0.323 e. The third-order valence-corrected chi connectivity index (χ3v) is 5.16. The first kappa shape index (κ1) is 18.4.